The van der Waals surface area contributed by atoms with E-state index in [0.717, 1.165) is 11.3 Å². The van der Waals surface area contributed by atoms with Crippen LogP contribution in [0.1, 0.15) is 5.56 Å². The molecule has 18 heavy (non-hydrogen) atoms. The molecule has 0 radical (unpaired) electrons. The maximum Gasteiger partial charge on any atom is 0.317 e. The van der Waals surface area contributed by atoms with E-state index >= 15 is 0 Å². The fourth-order valence-corrected chi connectivity index (χ4v) is 1.76. The third-order valence-corrected chi connectivity index (χ3v) is 2.64. The van der Waals surface area contributed by atoms with Crippen LogP contribution in [0.5, 0.6) is 0 Å². The lowest BCUT2D eigenvalue weighted by Crippen LogP contribution is -2.16. The Morgan fingerprint density at radius 2 is 2.00 bits per heavy atom. The molecule has 1 heterocycles. The zero-order valence-electron chi connectivity index (χ0n) is 10.2. The van der Waals surface area contributed by atoms with Crippen molar-refractivity contribution < 1.29 is 9.76 Å². The van der Waals surface area contributed by atoms with E-state index in [4.69, 9.17) is 0 Å². The number of nitrogens with zero attached hydrogens (tertiary/aromatic N) is 2. The van der Waals surface area contributed by atoms with Gasteiger partial charge in [-0.05, 0) is 24.6 Å². The Kier molecular flexibility index (Phi) is 3.23. The summed E-state index contributed by atoms with van der Waals surface area (Å²) in [5.74, 6) is 0. The molecule has 5 nitrogen and oxygen atoms in total. The lowest BCUT2D eigenvalue weighted by molar-refractivity contribution is -0.736. The molecule has 2 rings (SSSR count). The van der Waals surface area contributed by atoms with Crippen molar-refractivity contribution in [3.05, 3.63) is 63.4 Å². The van der Waals surface area contributed by atoms with Crippen molar-refractivity contribution in [3.8, 4) is 5.69 Å². The van der Waals surface area contributed by atoms with Crippen LogP contribution >= 0.6 is 0 Å². The van der Waals surface area contributed by atoms with Crippen LogP contribution in [0.15, 0.2) is 47.4 Å². The first-order valence-electron chi connectivity index (χ1n) is 5.43. The molecule has 0 N–H and O–H groups in total. The Hall–Kier alpha value is -2.43. The van der Waals surface area contributed by atoms with Crippen LogP contribution in [0.25, 0.3) is 5.69 Å². The Morgan fingerprint density at radius 1 is 1.22 bits per heavy atom. The number of aryl methyl sites for hydroxylation is 1. The summed E-state index contributed by atoms with van der Waals surface area (Å²) in [6, 6.07) is 9.96. The van der Waals surface area contributed by atoms with Gasteiger partial charge in [-0.25, -0.2) is 4.84 Å². The lowest BCUT2D eigenvalue weighted by atomic mass is 10.1. The van der Waals surface area contributed by atoms with Gasteiger partial charge >= 0.3 is 5.69 Å². The Morgan fingerprint density at radius 3 is 2.61 bits per heavy atom. The highest BCUT2D eigenvalue weighted by Gasteiger charge is 2.15. The molecule has 0 atom stereocenters. The first kappa shape index (κ1) is 12.0. The summed E-state index contributed by atoms with van der Waals surface area (Å²) in [5.41, 5.74) is 1.84. The zero-order valence-corrected chi connectivity index (χ0v) is 10.2. The Bertz CT molecular complexity index is 647. The quantitative estimate of drug-likeness (QED) is 0.778. The minimum atomic E-state index is -0.112. The van der Waals surface area contributed by atoms with E-state index in [1.807, 2.05) is 6.92 Å². The second kappa shape index (κ2) is 4.83. The van der Waals surface area contributed by atoms with E-state index in [0.29, 0.717) is 10.6 Å². The first-order valence-corrected chi connectivity index (χ1v) is 5.43. The number of hydrogen-bond donors (Lipinski definition) is 0. The van der Waals surface area contributed by atoms with E-state index in [9.17, 15) is 9.70 Å². The highest BCUT2D eigenvalue weighted by Crippen LogP contribution is 2.19. The SMILES string of the molecule is CO[N+](=O)c1ccc(-n2ccccc2=O)c(C)c1. The predicted molar refractivity (Wildman–Crippen MR) is 67.1 cm³/mol. The fourth-order valence-electron chi connectivity index (χ4n) is 1.76. The van der Waals surface area contributed by atoms with Crippen LogP contribution in [0, 0.1) is 11.8 Å². The molecule has 5 heteroatoms. The third-order valence-electron chi connectivity index (χ3n) is 2.64. The van der Waals surface area contributed by atoms with Crippen LogP contribution in [0.3, 0.4) is 0 Å². The molecule has 0 aliphatic heterocycles. The minimum absolute atomic E-state index is 0.112. The molecule has 0 fully saturated rings. The van der Waals surface area contributed by atoms with E-state index in [2.05, 4.69) is 4.84 Å². The summed E-state index contributed by atoms with van der Waals surface area (Å²) >= 11 is 0. The van der Waals surface area contributed by atoms with Gasteiger partial charge in [-0.15, -0.1) is 0 Å². The average molecular weight is 245 g/mol. The van der Waals surface area contributed by atoms with E-state index < -0.39 is 0 Å². The van der Waals surface area contributed by atoms with Crippen molar-refractivity contribution in [2.45, 2.75) is 6.92 Å². The van der Waals surface area contributed by atoms with Gasteiger partial charge in [-0.2, -0.15) is 0 Å². The van der Waals surface area contributed by atoms with Crippen molar-refractivity contribution >= 4 is 5.69 Å². The molecule has 92 valence electrons. The molecular weight excluding hydrogens is 232 g/mol. The third kappa shape index (κ3) is 2.15. The van der Waals surface area contributed by atoms with Gasteiger partial charge in [0.25, 0.3) is 10.5 Å². The van der Waals surface area contributed by atoms with Crippen molar-refractivity contribution in [2.24, 2.45) is 0 Å². The number of benzene rings is 1. The maximum atomic E-state index is 11.7. The molecule has 0 unspecified atom stereocenters. The molecule has 0 amide bonds. The number of hydrogen-bond acceptors (Lipinski definition) is 3. The predicted octanol–water partition coefficient (Wildman–Crippen LogP) is 2.12. The maximum absolute atomic E-state index is 11.7. The van der Waals surface area contributed by atoms with Gasteiger partial charge in [0.2, 0.25) is 0 Å². The molecule has 0 bridgehead atoms. The van der Waals surface area contributed by atoms with Gasteiger partial charge in [0.15, 0.2) is 7.11 Å². The van der Waals surface area contributed by atoms with Crippen LogP contribution in [0.2, 0.25) is 0 Å². The van der Waals surface area contributed by atoms with Gasteiger partial charge in [0.1, 0.15) is 0 Å². The average Bonchev–Trinajstić information content (AvgIpc) is 2.39. The number of aromatic nitrogens is 1. The molecule has 0 aliphatic carbocycles. The van der Waals surface area contributed by atoms with E-state index in [-0.39, 0.29) is 5.56 Å². The summed E-state index contributed by atoms with van der Waals surface area (Å²) < 4.78 is 1.53. The van der Waals surface area contributed by atoms with Gasteiger partial charge in [-0.1, -0.05) is 6.07 Å². The molecule has 0 spiro atoms. The highest BCUT2D eigenvalue weighted by molar-refractivity contribution is 5.47. The van der Waals surface area contributed by atoms with Crippen molar-refractivity contribution in [3.63, 3.8) is 0 Å². The highest BCUT2D eigenvalue weighted by atomic mass is 16.8. The van der Waals surface area contributed by atoms with Crippen LogP contribution in [-0.4, -0.2) is 16.6 Å². The second-order valence-electron chi connectivity index (χ2n) is 3.82. The summed E-state index contributed by atoms with van der Waals surface area (Å²) in [4.78, 5) is 28.0. The summed E-state index contributed by atoms with van der Waals surface area (Å²) in [6.45, 7) is 1.84. The summed E-state index contributed by atoms with van der Waals surface area (Å²) in [6.07, 6.45) is 1.69. The Balaban J connectivity index is 2.52. The molecule has 0 aliphatic rings. The standard InChI is InChI=1S/C13H13N2O3/c1-10-9-11(15(17)18-2)6-7-12(10)14-8-4-3-5-13(14)16/h3-9H,1-2H3/q+1. The van der Waals surface area contributed by atoms with E-state index in [1.54, 1.807) is 36.5 Å². The fraction of sp³-hybridized carbons (Fsp3) is 0.154. The zero-order chi connectivity index (χ0) is 13.1. The monoisotopic (exact) mass is 245 g/mol. The van der Waals surface area contributed by atoms with Gasteiger partial charge < -0.3 is 0 Å². The summed E-state index contributed by atoms with van der Waals surface area (Å²) in [5, 5.41) is 0. The van der Waals surface area contributed by atoms with Gasteiger partial charge in [0.05, 0.1) is 10.6 Å². The molecule has 1 aromatic carbocycles. The normalized spacial score (nSPS) is 10.1. The van der Waals surface area contributed by atoms with Gasteiger partial charge in [0, 0.05) is 24.4 Å². The first-order chi connectivity index (χ1) is 8.63. The lowest BCUT2D eigenvalue weighted by Gasteiger charge is -2.07. The van der Waals surface area contributed by atoms with Crippen molar-refractivity contribution in [2.75, 3.05) is 7.11 Å². The summed E-state index contributed by atoms with van der Waals surface area (Å²) in [7, 11) is 1.30. The molecular formula is C13H13N2O3+. The molecule has 2 aromatic rings. The van der Waals surface area contributed by atoms with E-state index in [1.165, 1.54) is 17.7 Å². The second-order valence-corrected chi connectivity index (χ2v) is 3.82. The van der Waals surface area contributed by atoms with Crippen LogP contribution < -0.4 is 5.56 Å². The molecule has 0 saturated carbocycles. The van der Waals surface area contributed by atoms with Crippen LogP contribution in [0.4, 0.5) is 5.69 Å². The van der Waals surface area contributed by atoms with Gasteiger partial charge in [-0.3, -0.25) is 9.36 Å². The largest absolute Gasteiger partial charge is 0.317 e. The number of pyridine rings is 1. The Labute approximate surface area is 104 Å². The van der Waals surface area contributed by atoms with Crippen molar-refractivity contribution in [1.29, 1.82) is 0 Å². The van der Waals surface area contributed by atoms with Crippen molar-refractivity contribution in [1.82, 2.24) is 4.57 Å². The minimum Gasteiger partial charge on any atom is -0.284 e. The molecule has 1 aromatic heterocycles. The smallest absolute Gasteiger partial charge is 0.284 e. The topological polar surface area (TPSA) is 51.3 Å². The van der Waals surface area contributed by atoms with Crippen LogP contribution in [-0.2, 0) is 4.84 Å². The molecule has 0 saturated heterocycles. The number of rotatable bonds is 3.